The molecule has 134 valence electrons. The molecule has 1 N–H and O–H groups in total. The van der Waals surface area contributed by atoms with E-state index in [9.17, 15) is 5.21 Å². The van der Waals surface area contributed by atoms with Crippen molar-refractivity contribution >= 4 is 44.9 Å². The van der Waals surface area contributed by atoms with E-state index in [1.54, 1.807) is 11.8 Å². The van der Waals surface area contributed by atoms with Crippen LogP contribution in [0.4, 0.5) is 11.4 Å². The Morgan fingerprint density at radius 1 is 0.607 bits per heavy atom. The molecule has 6 rings (SSSR count). The van der Waals surface area contributed by atoms with Gasteiger partial charge in [0.15, 0.2) is 0 Å². The van der Waals surface area contributed by atoms with Crippen molar-refractivity contribution in [2.24, 2.45) is 0 Å². The van der Waals surface area contributed by atoms with Crippen LogP contribution in [-0.4, -0.2) is 9.77 Å². The molecule has 0 unspecified atom stereocenters. The van der Waals surface area contributed by atoms with E-state index in [4.69, 9.17) is 0 Å². The highest BCUT2D eigenvalue weighted by atomic mass is 32.2. The number of benzene rings is 4. The summed E-state index contributed by atoms with van der Waals surface area (Å²) < 4.78 is 2.30. The third kappa shape index (κ3) is 2.16. The molecule has 2 heterocycles. The first kappa shape index (κ1) is 15.8. The fourth-order valence-corrected chi connectivity index (χ4v) is 5.15. The summed E-state index contributed by atoms with van der Waals surface area (Å²) in [4.78, 5) is 2.09. The van der Waals surface area contributed by atoms with Gasteiger partial charge in [-0.2, -0.15) is 0 Å². The molecule has 4 aromatic carbocycles. The van der Waals surface area contributed by atoms with Crippen LogP contribution >= 0.6 is 11.8 Å². The normalized spacial score (nSPS) is 13.0. The molecule has 0 fully saturated rings. The van der Waals surface area contributed by atoms with Crippen LogP contribution in [-0.2, 0) is 0 Å². The second-order valence-corrected chi connectivity index (χ2v) is 7.99. The first-order valence-corrected chi connectivity index (χ1v) is 10.0. The summed E-state index contributed by atoms with van der Waals surface area (Å²) in [7, 11) is 0. The van der Waals surface area contributed by atoms with Gasteiger partial charge in [0.25, 0.3) is 0 Å². The van der Waals surface area contributed by atoms with Gasteiger partial charge in [-0.05, 0) is 42.5 Å². The van der Waals surface area contributed by atoms with Gasteiger partial charge in [0, 0.05) is 26.3 Å². The Kier molecular flexibility index (Phi) is 3.33. The molecule has 0 spiro atoms. The number of aromatic nitrogens is 1. The van der Waals surface area contributed by atoms with E-state index in [1.165, 1.54) is 26.9 Å². The van der Waals surface area contributed by atoms with E-state index >= 15 is 0 Å². The van der Waals surface area contributed by atoms with Crippen LogP contribution in [0.2, 0.25) is 0 Å². The minimum Gasteiger partial charge on any atom is -0.309 e. The Bertz CT molecular complexity index is 1320. The van der Waals surface area contributed by atoms with Gasteiger partial charge in [-0.15, -0.1) is 0 Å². The van der Waals surface area contributed by atoms with Crippen LogP contribution in [0.5, 0.6) is 0 Å². The fourth-order valence-electron chi connectivity index (χ4n) is 4.07. The Hall–Kier alpha value is -3.21. The molecule has 0 bridgehead atoms. The molecule has 0 atom stereocenters. The average molecular weight is 380 g/mol. The number of rotatable bonds is 1. The molecule has 1 aromatic heterocycles. The van der Waals surface area contributed by atoms with Crippen molar-refractivity contribution in [3.05, 3.63) is 91.0 Å². The smallest absolute Gasteiger partial charge is 0.0834 e. The number of hydrogen-bond acceptors (Lipinski definition) is 3. The lowest BCUT2D eigenvalue weighted by molar-refractivity contribution is 0.296. The Balaban J connectivity index is 1.60. The van der Waals surface area contributed by atoms with E-state index in [0.717, 1.165) is 26.9 Å². The van der Waals surface area contributed by atoms with Gasteiger partial charge in [-0.1, -0.05) is 60.3 Å². The molecule has 1 aliphatic rings. The van der Waals surface area contributed by atoms with E-state index in [1.807, 2.05) is 30.3 Å². The van der Waals surface area contributed by atoms with Crippen molar-refractivity contribution in [1.82, 2.24) is 4.57 Å². The summed E-state index contributed by atoms with van der Waals surface area (Å²) in [5.41, 5.74) is 5.10. The number of para-hydroxylation sites is 3. The van der Waals surface area contributed by atoms with Crippen LogP contribution in [0.15, 0.2) is 101 Å². The highest BCUT2D eigenvalue weighted by molar-refractivity contribution is 7.99. The lowest BCUT2D eigenvalue weighted by Crippen LogP contribution is -2.15. The van der Waals surface area contributed by atoms with E-state index in [0.29, 0.717) is 0 Å². The third-order valence-corrected chi connectivity index (χ3v) is 6.44. The van der Waals surface area contributed by atoms with E-state index in [2.05, 4.69) is 65.2 Å². The molecule has 0 saturated heterocycles. The number of anilines is 2. The largest absolute Gasteiger partial charge is 0.309 e. The van der Waals surface area contributed by atoms with Crippen LogP contribution in [0.3, 0.4) is 0 Å². The topological polar surface area (TPSA) is 28.4 Å². The molecule has 1 aliphatic heterocycles. The van der Waals surface area contributed by atoms with Gasteiger partial charge in [0.2, 0.25) is 0 Å². The zero-order valence-corrected chi connectivity index (χ0v) is 15.7. The van der Waals surface area contributed by atoms with Crippen molar-refractivity contribution < 1.29 is 5.21 Å². The summed E-state index contributed by atoms with van der Waals surface area (Å²) in [6.45, 7) is 0. The highest BCUT2D eigenvalue weighted by Crippen LogP contribution is 2.48. The maximum atomic E-state index is 10.7. The summed E-state index contributed by atoms with van der Waals surface area (Å²) >= 11 is 1.69. The van der Waals surface area contributed by atoms with Gasteiger partial charge >= 0.3 is 0 Å². The van der Waals surface area contributed by atoms with Crippen molar-refractivity contribution in [2.75, 3.05) is 5.06 Å². The van der Waals surface area contributed by atoms with E-state index in [-0.39, 0.29) is 0 Å². The Morgan fingerprint density at radius 3 is 1.96 bits per heavy atom. The van der Waals surface area contributed by atoms with Crippen LogP contribution in [0.25, 0.3) is 27.5 Å². The molecule has 5 aromatic rings. The van der Waals surface area contributed by atoms with Crippen molar-refractivity contribution in [1.29, 1.82) is 0 Å². The molecule has 0 aliphatic carbocycles. The van der Waals surface area contributed by atoms with Crippen molar-refractivity contribution in [3.63, 3.8) is 0 Å². The Labute approximate surface area is 166 Å². The highest BCUT2D eigenvalue weighted by Gasteiger charge is 2.23. The first-order valence-electron chi connectivity index (χ1n) is 9.20. The van der Waals surface area contributed by atoms with Gasteiger partial charge in [-0.3, -0.25) is 5.21 Å². The predicted molar refractivity (Wildman–Crippen MR) is 115 cm³/mol. The maximum Gasteiger partial charge on any atom is 0.0834 e. The lowest BCUT2D eigenvalue weighted by atomic mass is 10.2. The summed E-state index contributed by atoms with van der Waals surface area (Å²) in [6, 6.07) is 31.2. The van der Waals surface area contributed by atoms with E-state index < -0.39 is 0 Å². The summed E-state index contributed by atoms with van der Waals surface area (Å²) in [5.74, 6) is 0. The second-order valence-electron chi connectivity index (χ2n) is 6.90. The molecule has 0 amide bonds. The lowest BCUT2D eigenvalue weighted by Gasteiger charge is -2.27. The van der Waals surface area contributed by atoms with Crippen molar-refractivity contribution in [3.8, 4) is 5.69 Å². The molecule has 0 radical (unpaired) electrons. The monoisotopic (exact) mass is 380 g/mol. The van der Waals surface area contributed by atoms with Gasteiger partial charge in [0.1, 0.15) is 0 Å². The predicted octanol–water partition coefficient (Wildman–Crippen LogP) is 6.78. The summed E-state index contributed by atoms with van der Waals surface area (Å²) in [5, 5.41) is 14.5. The second kappa shape index (κ2) is 5.89. The minimum absolute atomic E-state index is 0.813. The minimum atomic E-state index is 0.813. The molecule has 0 saturated carbocycles. The van der Waals surface area contributed by atoms with Crippen LogP contribution < -0.4 is 5.06 Å². The summed E-state index contributed by atoms with van der Waals surface area (Å²) in [6.07, 6.45) is 0. The SMILES string of the molecule is ON1c2ccccc2Sc2cc(-n3c4ccccc4c4ccccc43)ccc21. The van der Waals surface area contributed by atoms with Gasteiger partial charge < -0.3 is 4.57 Å². The molecule has 3 nitrogen and oxygen atoms in total. The zero-order chi connectivity index (χ0) is 18.7. The molecule has 28 heavy (non-hydrogen) atoms. The van der Waals surface area contributed by atoms with Crippen LogP contribution in [0, 0.1) is 0 Å². The molecular formula is C24H16N2OS. The van der Waals surface area contributed by atoms with Crippen molar-refractivity contribution in [2.45, 2.75) is 9.79 Å². The third-order valence-electron chi connectivity index (χ3n) is 5.32. The molecule has 4 heteroatoms. The quantitative estimate of drug-likeness (QED) is 0.348. The Morgan fingerprint density at radius 2 is 1.21 bits per heavy atom. The number of nitrogens with zero attached hydrogens (tertiary/aromatic N) is 2. The standard InChI is InChI=1S/C24H16N2OS/c27-26-21-11-5-6-12-23(21)28-24-15-16(13-14-22(24)26)25-19-9-3-1-7-17(19)18-8-2-4-10-20(18)25/h1-15,27H. The zero-order valence-electron chi connectivity index (χ0n) is 14.9. The maximum absolute atomic E-state index is 10.7. The number of fused-ring (bicyclic) bond motifs is 5. The van der Waals surface area contributed by atoms with Gasteiger partial charge in [-0.25, -0.2) is 5.06 Å². The van der Waals surface area contributed by atoms with Crippen LogP contribution in [0.1, 0.15) is 0 Å². The molecular weight excluding hydrogens is 364 g/mol. The van der Waals surface area contributed by atoms with Gasteiger partial charge in [0.05, 0.1) is 22.4 Å². The average Bonchev–Trinajstić information content (AvgIpc) is 3.08. The fraction of sp³-hybridized carbons (Fsp3) is 0. The number of hydrogen-bond donors (Lipinski definition) is 1. The first-order chi connectivity index (χ1) is 13.8.